The van der Waals surface area contributed by atoms with Gasteiger partial charge in [0.15, 0.2) is 0 Å². The summed E-state index contributed by atoms with van der Waals surface area (Å²) in [6.45, 7) is 0. The Morgan fingerprint density at radius 1 is 1.14 bits per heavy atom. The van der Waals surface area contributed by atoms with Gasteiger partial charge in [0.2, 0.25) is 0 Å². The highest BCUT2D eigenvalue weighted by molar-refractivity contribution is 5.21. The molecular weight excluding hydrogens is 177 g/mol. The second-order valence-electron chi connectivity index (χ2n) is 4.18. The Balaban J connectivity index is 2.10. The van der Waals surface area contributed by atoms with E-state index in [4.69, 9.17) is 5.73 Å². The van der Waals surface area contributed by atoms with E-state index in [2.05, 4.69) is 0 Å². The molecule has 1 fully saturated rings. The van der Waals surface area contributed by atoms with Gasteiger partial charge in [-0.1, -0.05) is 18.6 Å². The van der Waals surface area contributed by atoms with Crippen LogP contribution in [-0.2, 0) is 0 Å². The molecule has 2 heteroatoms. The maximum atomic E-state index is 12.7. The van der Waals surface area contributed by atoms with Crippen LogP contribution in [0.2, 0.25) is 0 Å². The predicted molar refractivity (Wildman–Crippen MR) is 55.6 cm³/mol. The number of nitrogens with two attached hydrogens (primary N) is 1. The van der Waals surface area contributed by atoms with Crippen LogP contribution in [0.4, 0.5) is 4.39 Å². The molecule has 0 amide bonds. The van der Waals surface area contributed by atoms with Crippen molar-refractivity contribution in [1.82, 2.24) is 0 Å². The summed E-state index contributed by atoms with van der Waals surface area (Å²) in [6, 6.07) is 7.18. The van der Waals surface area contributed by atoms with Crippen molar-refractivity contribution < 1.29 is 4.39 Å². The van der Waals surface area contributed by atoms with Gasteiger partial charge in [0.25, 0.3) is 0 Å². The Morgan fingerprint density at radius 2 is 1.86 bits per heavy atom. The molecule has 0 heterocycles. The van der Waals surface area contributed by atoms with Gasteiger partial charge in [-0.25, -0.2) is 4.39 Å². The third kappa shape index (κ3) is 2.13. The zero-order valence-corrected chi connectivity index (χ0v) is 8.25. The lowest BCUT2D eigenvalue weighted by Gasteiger charge is -2.26. The van der Waals surface area contributed by atoms with Crippen LogP contribution in [0.5, 0.6) is 0 Å². The first kappa shape index (κ1) is 9.66. The van der Waals surface area contributed by atoms with E-state index in [1.807, 2.05) is 12.1 Å². The summed E-state index contributed by atoms with van der Waals surface area (Å²) in [5, 5.41) is 0. The molecule has 2 rings (SSSR count). The molecule has 76 valence electrons. The van der Waals surface area contributed by atoms with Gasteiger partial charge in [0, 0.05) is 6.04 Å². The molecule has 0 radical (unpaired) electrons. The van der Waals surface area contributed by atoms with Crippen LogP contribution < -0.4 is 5.73 Å². The van der Waals surface area contributed by atoms with E-state index in [9.17, 15) is 4.39 Å². The maximum Gasteiger partial charge on any atom is 0.123 e. The molecule has 2 atom stereocenters. The van der Waals surface area contributed by atoms with Crippen molar-refractivity contribution >= 4 is 0 Å². The monoisotopic (exact) mass is 193 g/mol. The molecule has 2 N–H and O–H groups in total. The quantitative estimate of drug-likeness (QED) is 0.729. The highest BCUT2D eigenvalue weighted by atomic mass is 19.1. The lowest BCUT2D eigenvalue weighted by Crippen LogP contribution is -2.26. The Labute approximate surface area is 84.1 Å². The highest BCUT2D eigenvalue weighted by Crippen LogP contribution is 2.31. The molecule has 0 bridgehead atoms. The minimum Gasteiger partial charge on any atom is -0.328 e. The van der Waals surface area contributed by atoms with Crippen molar-refractivity contribution in [2.24, 2.45) is 5.73 Å². The lowest BCUT2D eigenvalue weighted by atomic mass is 9.82. The summed E-state index contributed by atoms with van der Waals surface area (Å²) in [5.74, 6) is 0.383. The van der Waals surface area contributed by atoms with Gasteiger partial charge in [-0.2, -0.15) is 0 Å². The summed E-state index contributed by atoms with van der Waals surface area (Å²) < 4.78 is 12.7. The Kier molecular flexibility index (Phi) is 2.82. The molecule has 1 aliphatic carbocycles. The van der Waals surface area contributed by atoms with Gasteiger partial charge in [0.05, 0.1) is 0 Å². The molecule has 0 spiro atoms. The molecule has 1 aliphatic rings. The number of hydrogen-bond acceptors (Lipinski definition) is 1. The highest BCUT2D eigenvalue weighted by Gasteiger charge is 2.20. The summed E-state index contributed by atoms with van der Waals surface area (Å²) in [6.07, 6.45) is 4.58. The first-order valence-corrected chi connectivity index (χ1v) is 5.27. The average molecular weight is 193 g/mol. The van der Waals surface area contributed by atoms with E-state index < -0.39 is 0 Å². The van der Waals surface area contributed by atoms with Gasteiger partial charge in [0.1, 0.15) is 5.82 Å². The molecule has 14 heavy (non-hydrogen) atoms. The van der Waals surface area contributed by atoms with E-state index in [1.165, 1.54) is 30.5 Å². The van der Waals surface area contributed by atoms with Crippen LogP contribution in [-0.4, -0.2) is 6.04 Å². The van der Waals surface area contributed by atoms with Crippen molar-refractivity contribution in [3.63, 3.8) is 0 Å². The van der Waals surface area contributed by atoms with Gasteiger partial charge in [-0.15, -0.1) is 0 Å². The minimum atomic E-state index is -0.158. The topological polar surface area (TPSA) is 26.0 Å². The molecule has 0 unspecified atom stereocenters. The second-order valence-corrected chi connectivity index (χ2v) is 4.18. The number of hydrogen-bond donors (Lipinski definition) is 1. The summed E-state index contributed by atoms with van der Waals surface area (Å²) in [5.41, 5.74) is 7.16. The summed E-state index contributed by atoms with van der Waals surface area (Å²) in [4.78, 5) is 0. The zero-order valence-electron chi connectivity index (χ0n) is 8.25. The molecule has 0 aliphatic heterocycles. The third-order valence-electron chi connectivity index (χ3n) is 3.06. The smallest absolute Gasteiger partial charge is 0.123 e. The third-order valence-corrected chi connectivity index (χ3v) is 3.06. The standard InChI is InChI=1S/C12H16FN/c13-11-6-4-9(5-7-11)10-2-1-3-12(14)8-10/h4-7,10,12H,1-3,8,14H2/t10-,12-/m0/s1. The normalized spacial score (nSPS) is 27.6. The number of halogens is 1. The predicted octanol–water partition coefficient (Wildman–Crippen LogP) is 2.81. The molecule has 0 saturated heterocycles. The van der Waals surface area contributed by atoms with Gasteiger partial charge in [-0.05, 0) is 42.9 Å². The van der Waals surface area contributed by atoms with Crippen LogP contribution in [0.15, 0.2) is 24.3 Å². The molecular formula is C12H16FN. The van der Waals surface area contributed by atoms with Crippen LogP contribution in [0.25, 0.3) is 0 Å². The molecule has 0 aromatic heterocycles. The van der Waals surface area contributed by atoms with Crippen LogP contribution in [0, 0.1) is 5.82 Å². The lowest BCUT2D eigenvalue weighted by molar-refractivity contribution is 0.393. The molecule has 1 nitrogen and oxygen atoms in total. The van der Waals surface area contributed by atoms with E-state index in [-0.39, 0.29) is 5.82 Å². The maximum absolute atomic E-state index is 12.7. The fourth-order valence-electron chi connectivity index (χ4n) is 2.27. The van der Waals surface area contributed by atoms with E-state index >= 15 is 0 Å². The average Bonchev–Trinajstić information content (AvgIpc) is 2.19. The minimum absolute atomic E-state index is 0.158. The van der Waals surface area contributed by atoms with Crippen LogP contribution >= 0.6 is 0 Å². The Hall–Kier alpha value is -0.890. The van der Waals surface area contributed by atoms with E-state index in [0.29, 0.717) is 12.0 Å². The van der Waals surface area contributed by atoms with Crippen molar-refractivity contribution in [3.05, 3.63) is 35.6 Å². The van der Waals surface area contributed by atoms with Gasteiger partial charge < -0.3 is 5.73 Å². The van der Waals surface area contributed by atoms with Crippen LogP contribution in [0.3, 0.4) is 0 Å². The van der Waals surface area contributed by atoms with Gasteiger partial charge >= 0.3 is 0 Å². The Bertz CT molecular complexity index is 294. The van der Waals surface area contributed by atoms with Crippen molar-refractivity contribution in [2.45, 2.75) is 37.6 Å². The largest absolute Gasteiger partial charge is 0.328 e. The first-order chi connectivity index (χ1) is 6.75. The fourth-order valence-corrected chi connectivity index (χ4v) is 2.27. The molecule has 1 saturated carbocycles. The zero-order chi connectivity index (χ0) is 9.97. The SMILES string of the molecule is N[C@H]1CCC[C@H](c2ccc(F)cc2)C1. The molecule has 1 aromatic rings. The number of benzene rings is 1. The van der Waals surface area contributed by atoms with Crippen molar-refractivity contribution in [2.75, 3.05) is 0 Å². The summed E-state index contributed by atoms with van der Waals surface area (Å²) >= 11 is 0. The Morgan fingerprint density at radius 3 is 2.50 bits per heavy atom. The first-order valence-electron chi connectivity index (χ1n) is 5.27. The number of rotatable bonds is 1. The van der Waals surface area contributed by atoms with Crippen molar-refractivity contribution in [1.29, 1.82) is 0 Å². The van der Waals surface area contributed by atoms with E-state index in [0.717, 1.165) is 12.8 Å². The fraction of sp³-hybridized carbons (Fsp3) is 0.500. The van der Waals surface area contributed by atoms with Crippen LogP contribution in [0.1, 0.15) is 37.2 Å². The summed E-state index contributed by atoms with van der Waals surface area (Å²) in [7, 11) is 0. The van der Waals surface area contributed by atoms with Crippen molar-refractivity contribution in [3.8, 4) is 0 Å². The van der Waals surface area contributed by atoms with Gasteiger partial charge in [-0.3, -0.25) is 0 Å². The molecule has 1 aromatic carbocycles. The van der Waals surface area contributed by atoms with E-state index in [1.54, 1.807) is 0 Å². The second kappa shape index (κ2) is 4.09.